The van der Waals surface area contributed by atoms with Gasteiger partial charge in [-0.15, -0.1) is 0 Å². The van der Waals surface area contributed by atoms with Gasteiger partial charge in [0.05, 0.1) is 7.11 Å². The smallest absolute Gasteiger partial charge is 0.281 e. The van der Waals surface area contributed by atoms with Crippen LogP contribution in [0.15, 0.2) is 36.5 Å². The highest BCUT2D eigenvalue weighted by Crippen LogP contribution is 2.35. The van der Waals surface area contributed by atoms with Crippen LogP contribution in [0.1, 0.15) is 6.92 Å². The number of fused-ring (bicyclic) bond motifs is 1. The molecule has 1 aliphatic heterocycles. The molecular weight excluding hydrogens is 329 g/mol. The van der Waals surface area contributed by atoms with Crippen LogP contribution in [0, 0.1) is 5.82 Å². The summed E-state index contributed by atoms with van der Waals surface area (Å²) >= 11 is 0. The van der Waals surface area contributed by atoms with Crippen molar-refractivity contribution in [3.8, 4) is 11.5 Å². The SMILES string of the molecule is COc1ccc(NC(=O)[C@]2(C)Oc3cccnc3N(C)C2=O)cc1F. The molecule has 0 fully saturated rings. The molecule has 8 heteroatoms. The van der Waals surface area contributed by atoms with Crippen molar-refractivity contribution in [1.29, 1.82) is 0 Å². The molecule has 130 valence electrons. The molecule has 2 heterocycles. The number of anilines is 2. The molecule has 1 aliphatic rings. The van der Waals surface area contributed by atoms with Crippen LogP contribution < -0.4 is 19.7 Å². The lowest BCUT2D eigenvalue weighted by atomic mass is 10.0. The van der Waals surface area contributed by atoms with E-state index in [-0.39, 0.29) is 11.4 Å². The highest BCUT2D eigenvalue weighted by molar-refractivity contribution is 6.19. The zero-order valence-corrected chi connectivity index (χ0v) is 13.9. The van der Waals surface area contributed by atoms with Gasteiger partial charge in [-0.1, -0.05) is 0 Å². The van der Waals surface area contributed by atoms with Gasteiger partial charge in [0.2, 0.25) is 0 Å². The third-order valence-electron chi connectivity index (χ3n) is 3.94. The molecule has 0 saturated heterocycles. The number of amides is 2. The zero-order chi connectivity index (χ0) is 18.2. The first kappa shape index (κ1) is 16.7. The maximum absolute atomic E-state index is 13.8. The third-order valence-corrected chi connectivity index (χ3v) is 3.94. The van der Waals surface area contributed by atoms with Crippen LogP contribution in [0.5, 0.6) is 11.5 Å². The van der Waals surface area contributed by atoms with E-state index in [0.29, 0.717) is 11.6 Å². The number of ether oxygens (including phenoxy) is 2. The van der Waals surface area contributed by atoms with E-state index in [2.05, 4.69) is 10.3 Å². The van der Waals surface area contributed by atoms with Crippen LogP contribution >= 0.6 is 0 Å². The van der Waals surface area contributed by atoms with Crippen molar-refractivity contribution in [1.82, 2.24) is 4.98 Å². The second-order valence-corrected chi connectivity index (χ2v) is 5.63. The summed E-state index contributed by atoms with van der Waals surface area (Å²) in [7, 11) is 2.85. The predicted octanol–water partition coefficient (Wildman–Crippen LogP) is 1.98. The maximum atomic E-state index is 13.8. The monoisotopic (exact) mass is 345 g/mol. The average molecular weight is 345 g/mol. The Kier molecular flexibility index (Phi) is 4.03. The minimum Gasteiger partial charge on any atom is -0.494 e. The summed E-state index contributed by atoms with van der Waals surface area (Å²) in [6, 6.07) is 7.20. The molecule has 25 heavy (non-hydrogen) atoms. The minimum absolute atomic E-state index is 0.0499. The van der Waals surface area contributed by atoms with Gasteiger partial charge in [0.1, 0.15) is 0 Å². The van der Waals surface area contributed by atoms with E-state index in [0.717, 1.165) is 6.07 Å². The summed E-state index contributed by atoms with van der Waals surface area (Å²) in [5.74, 6) is -1.24. The molecule has 3 rings (SSSR count). The van der Waals surface area contributed by atoms with Gasteiger partial charge in [-0.2, -0.15) is 0 Å². The first-order valence-corrected chi connectivity index (χ1v) is 7.44. The molecule has 1 aromatic carbocycles. The summed E-state index contributed by atoms with van der Waals surface area (Å²) in [6.07, 6.45) is 1.52. The fourth-order valence-electron chi connectivity index (χ4n) is 2.53. The number of hydrogen-bond donors (Lipinski definition) is 1. The number of aromatic nitrogens is 1. The van der Waals surface area contributed by atoms with Crippen molar-refractivity contribution in [2.24, 2.45) is 0 Å². The second-order valence-electron chi connectivity index (χ2n) is 5.63. The molecule has 1 N–H and O–H groups in total. The number of methoxy groups -OCH3 is 1. The Morgan fingerprint density at radius 2 is 2.16 bits per heavy atom. The Balaban J connectivity index is 1.89. The lowest BCUT2D eigenvalue weighted by Crippen LogP contribution is -2.60. The highest BCUT2D eigenvalue weighted by atomic mass is 19.1. The number of nitrogens with one attached hydrogen (secondary N) is 1. The van der Waals surface area contributed by atoms with Gasteiger partial charge >= 0.3 is 0 Å². The highest BCUT2D eigenvalue weighted by Gasteiger charge is 2.50. The first-order valence-electron chi connectivity index (χ1n) is 7.44. The van der Waals surface area contributed by atoms with Crippen molar-refractivity contribution >= 4 is 23.3 Å². The number of nitrogens with zero attached hydrogens (tertiary/aromatic N) is 2. The summed E-state index contributed by atoms with van der Waals surface area (Å²) in [6.45, 7) is 1.36. The first-order chi connectivity index (χ1) is 11.9. The van der Waals surface area contributed by atoms with Crippen LogP contribution in [0.25, 0.3) is 0 Å². The van der Waals surface area contributed by atoms with Crippen LogP contribution in [0.3, 0.4) is 0 Å². The lowest BCUT2D eigenvalue weighted by molar-refractivity contribution is -0.145. The summed E-state index contributed by atoms with van der Waals surface area (Å²) in [5.41, 5.74) is -1.62. The van der Waals surface area contributed by atoms with Crippen molar-refractivity contribution in [3.05, 3.63) is 42.3 Å². The summed E-state index contributed by atoms with van der Waals surface area (Å²) in [4.78, 5) is 30.6. The van der Waals surface area contributed by atoms with Gasteiger partial charge in [-0.25, -0.2) is 9.37 Å². The molecule has 2 aromatic rings. The Hall–Kier alpha value is -3.16. The molecule has 0 spiro atoms. The van der Waals surface area contributed by atoms with E-state index in [4.69, 9.17) is 9.47 Å². The topological polar surface area (TPSA) is 80.8 Å². The van der Waals surface area contributed by atoms with E-state index in [1.807, 2.05) is 0 Å². The standard InChI is InChI=1S/C17H16FN3O4/c1-17(15(22)20-10-6-7-12(24-3)11(18)9-10)16(23)21(2)14-13(25-17)5-4-8-19-14/h4-9H,1-3H3,(H,20,22)/t17-/m0/s1. The van der Waals surface area contributed by atoms with E-state index in [1.165, 1.54) is 44.3 Å². The van der Waals surface area contributed by atoms with Crippen LogP contribution in [0.4, 0.5) is 15.9 Å². The number of benzene rings is 1. The number of rotatable bonds is 3. The molecule has 1 aromatic heterocycles. The number of hydrogen-bond acceptors (Lipinski definition) is 5. The Morgan fingerprint density at radius 1 is 1.40 bits per heavy atom. The predicted molar refractivity (Wildman–Crippen MR) is 88.3 cm³/mol. The number of halogens is 1. The molecule has 0 saturated carbocycles. The normalized spacial score (nSPS) is 19.0. The van der Waals surface area contributed by atoms with Crippen molar-refractivity contribution in [2.75, 3.05) is 24.4 Å². The summed E-state index contributed by atoms with van der Waals surface area (Å²) < 4.78 is 24.2. The van der Waals surface area contributed by atoms with Gasteiger partial charge in [-0.3, -0.25) is 14.5 Å². The fourth-order valence-corrected chi connectivity index (χ4v) is 2.53. The number of pyridine rings is 1. The Bertz CT molecular complexity index is 858. The van der Waals surface area contributed by atoms with Crippen LogP contribution in [-0.2, 0) is 9.59 Å². The molecule has 7 nitrogen and oxygen atoms in total. The van der Waals surface area contributed by atoms with Gasteiger partial charge in [-0.05, 0) is 31.2 Å². The molecule has 0 aliphatic carbocycles. The van der Waals surface area contributed by atoms with Crippen LogP contribution in [-0.4, -0.2) is 36.6 Å². The largest absolute Gasteiger partial charge is 0.494 e. The van der Waals surface area contributed by atoms with E-state index in [9.17, 15) is 14.0 Å². The molecule has 0 unspecified atom stereocenters. The lowest BCUT2D eigenvalue weighted by Gasteiger charge is -2.36. The quantitative estimate of drug-likeness (QED) is 0.861. The molecule has 0 radical (unpaired) electrons. The van der Waals surface area contributed by atoms with E-state index >= 15 is 0 Å². The average Bonchev–Trinajstić information content (AvgIpc) is 2.60. The minimum atomic E-state index is -1.80. The molecule has 2 amide bonds. The fraction of sp³-hybridized carbons (Fsp3) is 0.235. The summed E-state index contributed by atoms with van der Waals surface area (Å²) in [5, 5.41) is 2.50. The number of carbonyl (C=O) groups excluding carboxylic acids is 2. The van der Waals surface area contributed by atoms with E-state index in [1.54, 1.807) is 12.1 Å². The zero-order valence-electron chi connectivity index (χ0n) is 13.9. The number of likely N-dealkylation sites (N-methyl/N-ethyl adjacent to an activating group) is 1. The van der Waals surface area contributed by atoms with Gasteiger partial charge < -0.3 is 14.8 Å². The Labute approximate surface area is 143 Å². The molecular formula is C17H16FN3O4. The second kappa shape index (κ2) is 6.04. The molecule has 0 bridgehead atoms. The van der Waals surface area contributed by atoms with Crippen molar-refractivity contribution in [2.45, 2.75) is 12.5 Å². The third kappa shape index (κ3) is 2.75. The van der Waals surface area contributed by atoms with Crippen molar-refractivity contribution in [3.63, 3.8) is 0 Å². The number of carbonyl (C=O) groups is 2. The van der Waals surface area contributed by atoms with Gasteiger partial charge in [0.15, 0.2) is 23.1 Å². The Morgan fingerprint density at radius 3 is 2.84 bits per heavy atom. The molecule has 1 atom stereocenters. The maximum Gasteiger partial charge on any atom is 0.281 e. The van der Waals surface area contributed by atoms with Gasteiger partial charge in [0, 0.05) is 25.0 Å². The van der Waals surface area contributed by atoms with E-state index < -0.39 is 23.2 Å². The van der Waals surface area contributed by atoms with Gasteiger partial charge in [0.25, 0.3) is 17.4 Å². The van der Waals surface area contributed by atoms with Crippen LogP contribution in [0.2, 0.25) is 0 Å². The van der Waals surface area contributed by atoms with Crippen molar-refractivity contribution < 1.29 is 23.5 Å².